The van der Waals surface area contributed by atoms with Crippen molar-refractivity contribution in [2.75, 3.05) is 18.0 Å². The second kappa shape index (κ2) is 3.96. The van der Waals surface area contributed by atoms with Gasteiger partial charge in [0.15, 0.2) is 0 Å². The van der Waals surface area contributed by atoms with Gasteiger partial charge in [0.1, 0.15) is 6.33 Å². The van der Waals surface area contributed by atoms with Crippen LogP contribution in [0.25, 0.3) is 0 Å². The molecule has 2 N–H and O–H groups in total. The number of nitrogens with two attached hydrogens (primary N) is 1. The first-order valence-electron chi connectivity index (χ1n) is 5.19. The highest BCUT2D eigenvalue weighted by Gasteiger charge is 2.22. The first-order chi connectivity index (χ1) is 6.81. The van der Waals surface area contributed by atoms with E-state index in [0.29, 0.717) is 6.04 Å². The van der Waals surface area contributed by atoms with Crippen LogP contribution in [-0.4, -0.2) is 33.9 Å². The van der Waals surface area contributed by atoms with Crippen molar-refractivity contribution in [3.05, 3.63) is 6.33 Å². The van der Waals surface area contributed by atoms with Crippen molar-refractivity contribution in [3.63, 3.8) is 0 Å². The van der Waals surface area contributed by atoms with Crippen molar-refractivity contribution < 1.29 is 0 Å². The van der Waals surface area contributed by atoms with Gasteiger partial charge in [-0.3, -0.25) is 0 Å². The van der Waals surface area contributed by atoms with Crippen molar-refractivity contribution in [1.29, 1.82) is 0 Å². The van der Waals surface area contributed by atoms with E-state index in [9.17, 15) is 0 Å². The minimum atomic E-state index is 0.293. The van der Waals surface area contributed by atoms with Crippen LogP contribution in [0.5, 0.6) is 0 Å². The maximum Gasteiger partial charge on any atom is 0.223 e. The molecule has 0 aromatic carbocycles. The molecule has 0 spiro atoms. The second-order valence-corrected chi connectivity index (χ2v) is 3.78. The van der Waals surface area contributed by atoms with Crippen molar-refractivity contribution in [2.45, 2.75) is 32.4 Å². The molecule has 78 valence electrons. The van der Waals surface area contributed by atoms with E-state index < -0.39 is 0 Å². The molecule has 1 fully saturated rings. The van der Waals surface area contributed by atoms with Crippen LogP contribution in [0.2, 0.25) is 0 Å². The molecule has 1 aliphatic heterocycles. The molecule has 0 bridgehead atoms. The zero-order valence-corrected chi connectivity index (χ0v) is 8.56. The molecule has 1 aliphatic rings. The van der Waals surface area contributed by atoms with E-state index >= 15 is 0 Å². The van der Waals surface area contributed by atoms with Gasteiger partial charge in [0, 0.05) is 25.7 Å². The normalized spacial score (nSPS) is 21.9. The minimum Gasteiger partial charge on any atom is -0.339 e. The van der Waals surface area contributed by atoms with E-state index in [-0.39, 0.29) is 0 Å². The van der Waals surface area contributed by atoms with Crippen LogP contribution in [0.4, 0.5) is 5.95 Å². The monoisotopic (exact) mass is 195 g/mol. The van der Waals surface area contributed by atoms with Crippen molar-refractivity contribution >= 4 is 5.95 Å². The molecule has 0 radical (unpaired) electrons. The van der Waals surface area contributed by atoms with Gasteiger partial charge >= 0.3 is 0 Å². The Balaban J connectivity index is 2.11. The summed E-state index contributed by atoms with van der Waals surface area (Å²) in [7, 11) is 0. The zero-order valence-electron chi connectivity index (χ0n) is 8.56. The van der Waals surface area contributed by atoms with Gasteiger partial charge in [-0.2, -0.15) is 10.1 Å². The number of nitrogens with zero attached hydrogens (tertiary/aromatic N) is 4. The standard InChI is InChI=1S/C9H17N5/c1-2-4-14-9(11-7-12-14)13-5-3-8(10)6-13/h7-8H,2-6,10H2,1H3. The van der Waals surface area contributed by atoms with Crippen LogP contribution in [0.1, 0.15) is 19.8 Å². The van der Waals surface area contributed by atoms with E-state index in [1.807, 2.05) is 4.68 Å². The molecule has 14 heavy (non-hydrogen) atoms. The van der Waals surface area contributed by atoms with Crippen molar-refractivity contribution in [2.24, 2.45) is 5.73 Å². The third-order valence-electron chi connectivity index (χ3n) is 2.54. The van der Waals surface area contributed by atoms with E-state index in [1.165, 1.54) is 0 Å². The molecule has 1 unspecified atom stereocenters. The van der Waals surface area contributed by atoms with Crippen LogP contribution in [0, 0.1) is 0 Å². The number of hydrogen-bond donors (Lipinski definition) is 1. The Labute approximate surface area is 83.9 Å². The summed E-state index contributed by atoms with van der Waals surface area (Å²) in [5, 5.41) is 4.20. The number of anilines is 1. The zero-order chi connectivity index (χ0) is 9.97. The van der Waals surface area contributed by atoms with Gasteiger partial charge in [0.2, 0.25) is 5.95 Å². The second-order valence-electron chi connectivity index (χ2n) is 3.78. The molecule has 1 aromatic rings. The summed E-state index contributed by atoms with van der Waals surface area (Å²) in [5.74, 6) is 0.972. The van der Waals surface area contributed by atoms with Gasteiger partial charge in [0.25, 0.3) is 0 Å². The molecule has 5 heteroatoms. The maximum absolute atomic E-state index is 5.86. The molecule has 2 heterocycles. The molecule has 2 rings (SSSR count). The van der Waals surface area contributed by atoms with Gasteiger partial charge < -0.3 is 10.6 Å². The Kier molecular flexibility index (Phi) is 2.67. The lowest BCUT2D eigenvalue weighted by Gasteiger charge is -2.16. The number of rotatable bonds is 3. The molecule has 5 nitrogen and oxygen atoms in total. The van der Waals surface area contributed by atoms with Crippen molar-refractivity contribution in [3.8, 4) is 0 Å². The third-order valence-corrected chi connectivity index (χ3v) is 2.54. The molecular formula is C9H17N5. The minimum absolute atomic E-state index is 0.293. The Bertz CT molecular complexity index is 295. The Morgan fingerprint density at radius 2 is 2.50 bits per heavy atom. The lowest BCUT2D eigenvalue weighted by Crippen LogP contribution is -2.28. The molecule has 0 saturated carbocycles. The SMILES string of the molecule is CCCn1ncnc1N1CCC(N)C1. The quantitative estimate of drug-likeness (QED) is 0.750. The number of hydrogen-bond acceptors (Lipinski definition) is 4. The highest BCUT2D eigenvalue weighted by molar-refractivity contribution is 5.31. The van der Waals surface area contributed by atoms with E-state index in [0.717, 1.165) is 38.4 Å². The first kappa shape index (κ1) is 9.45. The van der Waals surface area contributed by atoms with Crippen LogP contribution in [0.15, 0.2) is 6.33 Å². The molecule has 1 aromatic heterocycles. The van der Waals surface area contributed by atoms with Crippen LogP contribution < -0.4 is 10.6 Å². The summed E-state index contributed by atoms with van der Waals surface area (Å²) < 4.78 is 1.96. The smallest absolute Gasteiger partial charge is 0.223 e. The molecule has 1 atom stereocenters. The lowest BCUT2D eigenvalue weighted by molar-refractivity contribution is 0.593. The van der Waals surface area contributed by atoms with Gasteiger partial charge in [-0.1, -0.05) is 6.92 Å². The fourth-order valence-electron chi connectivity index (χ4n) is 1.84. The first-order valence-corrected chi connectivity index (χ1v) is 5.19. The highest BCUT2D eigenvalue weighted by atomic mass is 15.4. The summed E-state index contributed by atoms with van der Waals surface area (Å²) in [6.45, 7) is 4.98. The molecule has 0 aliphatic carbocycles. The predicted molar refractivity (Wildman–Crippen MR) is 55.1 cm³/mol. The van der Waals surface area contributed by atoms with E-state index in [1.54, 1.807) is 6.33 Å². The fourth-order valence-corrected chi connectivity index (χ4v) is 1.84. The maximum atomic E-state index is 5.86. The summed E-state index contributed by atoms with van der Waals surface area (Å²) in [5.41, 5.74) is 5.86. The molecule has 0 amide bonds. The van der Waals surface area contributed by atoms with E-state index in [4.69, 9.17) is 5.73 Å². The predicted octanol–water partition coefficient (Wildman–Crippen LogP) is 0.226. The van der Waals surface area contributed by atoms with Gasteiger partial charge in [-0.15, -0.1) is 0 Å². The summed E-state index contributed by atoms with van der Waals surface area (Å²) in [6.07, 6.45) is 3.75. The van der Waals surface area contributed by atoms with E-state index in [2.05, 4.69) is 21.9 Å². The van der Waals surface area contributed by atoms with Gasteiger partial charge in [0.05, 0.1) is 0 Å². The number of aryl methyl sites for hydroxylation is 1. The Morgan fingerprint density at radius 1 is 1.64 bits per heavy atom. The summed E-state index contributed by atoms with van der Waals surface area (Å²) in [6, 6.07) is 0.293. The largest absolute Gasteiger partial charge is 0.339 e. The van der Waals surface area contributed by atoms with Gasteiger partial charge in [-0.25, -0.2) is 4.68 Å². The average molecular weight is 195 g/mol. The molecule has 1 saturated heterocycles. The van der Waals surface area contributed by atoms with Crippen LogP contribution in [-0.2, 0) is 6.54 Å². The van der Waals surface area contributed by atoms with Crippen LogP contribution in [0.3, 0.4) is 0 Å². The summed E-state index contributed by atoms with van der Waals surface area (Å²) >= 11 is 0. The topological polar surface area (TPSA) is 60.0 Å². The Morgan fingerprint density at radius 3 is 3.14 bits per heavy atom. The van der Waals surface area contributed by atoms with Crippen molar-refractivity contribution in [1.82, 2.24) is 14.8 Å². The number of aromatic nitrogens is 3. The average Bonchev–Trinajstić information content (AvgIpc) is 2.74. The fraction of sp³-hybridized carbons (Fsp3) is 0.778. The molecular weight excluding hydrogens is 178 g/mol. The lowest BCUT2D eigenvalue weighted by atomic mass is 10.3. The Hall–Kier alpha value is -1.10. The third kappa shape index (κ3) is 1.72. The summed E-state index contributed by atoms with van der Waals surface area (Å²) in [4.78, 5) is 6.49. The van der Waals surface area contributed by atoms with Crippen LogP contribution >= 0.6 is 0 Å². The highest BCUT2D eigenvalue weighted by Crippen LogP contribution is 2.16. The van der Waals surface area contributed by atoms with Gasteiger partial charge in [-0.05, 0) is 12.8 Å².